The molecule has 0 heterocycles. The predicted molar refractivity (Wildman–Crippen MR) is 91.4 cm³/mol. The highest BCUT2D eigenvalue weighted by atomic mass is 32.2. The number of rotatable bonds is 10. The molecule has 0 fully saturated rings. The third-order valence-corrected chi connectivity index (χ3v) is 6.01. The van der Waals surface area contributed by atoms with Gasteiger partial charge in [0.1, 0.15) is 0 Å². The monoisotopic (exact) mass is 319 g/mol. The Bertz CT molecular complexity index is 398. The zero-order valence-corrected chi connectivity index (χ0v) is 14.9. The zero-order valence-electron chi connectivity index (χ0n) is 14.1. The highest BCUT2D eigenvalue weighted by molar-refractivity contribution is 7.92. The van der Waals surface area contributed by atoms with Gasteiger partial charge in [0.05, 0.1) is 10.5 Å². The molecule has 0 rings (SSSR count). The lowest BCUT2D eigenvalue weighted by atomic mass is 10.1. The summed E-state index contributed by atoms with van der Waals surface area (Å²) in [6, 6.07) is 0. The van der Waals surface area contributed by atoms with Gasteiger partial charge in [-0.05, 0) is 27.2 Å². The van der Waals surface area contributed by atoms with Crippen molar-refractivity contribution in [2.24, 2.45) is 10.7 Å². The number of sulfone groups is 1. The van der Waals surface area contributed by atoms with Crippen molar-refractivity contribution in [3.63, 3.8) is 0 Å². The van der Waals surface area contributed by atoms with Crippen molar-refractivity contribution >= 4 is 15.8 Å². The molecule has 126 valence electrons. The molecule has 0 spiro atoms. The van der Waals surface area contributed by atoms with Crippen molar-refractivity contribution in [1.29, 1.82) is 0 Å². The first-order valence-corrected chi connectivity index (χ1v) is 9.62. The summed E-state index contributed by atoms with van der Waals surface area (Å²) >= 11 is 0. The van der Waals surface area contributed by atoms with Crippen LogP contribution in [0.3, 0.4) is 0 Å². The van der Waals surface area contributed by atoms with Gasteiger partial charge in [0.2, 0.25) is 0 Å². The largest absolute Gasteiger partial charge is 0.370 e. The number of guanidine groups is 1. The fourth-order valence-corrected chi connectivity index (χ4v) is 2.75. The maximum Gasteiger partial charge on any atom is 0.188 e. The van der Waals surface area contributed by atoms with Crippen LogP contribution in [0, 0.1) is 0 Å². The smallest absolute Gasteiger partial charge is 0.188 e. The number of nitrogens with zero attached hydrogens (tertiary/aromatic N) is 1. The first-order valence-electron chi connectivity index (χ1n) is 7.97. The fraction of sp³-hybridized carbons (Fsp3) is 0.933. The van der Waals surface area contributed by atoms with E-state index in [-0.39, 0.29) is 5.75 Å². The maximum atomic E-state index is 11.9. The molecule has 0 amide bonds. The Morgan fingerprint density at radius 1 is 1.10 bits per heavy atom. The number of hydrogen-bond donors (Lipinski definition) is 2. The highest BCUT2D eigenvalue weighted by Crippen LogP contribution is 2.15. The van der Waals surface area contributed by atoms with E-state index in [0.717, 1.165) is 6.42 Å². The molecule has 0 aliphatic rings. The first-order chi connectivity index (χ1) is 9.70. The number of aliphatic imine (C=N–C) groups is 1. The molecule has 3 N–H and O–H groups in total. The summed E-state index contributed by atoms with van der Waals surface area (Å²) in [5, 5.41) is 2.87. The number of unbranched alkanes of at least 4 members (excludes halogenated alkanes) is 5. The Labute approximate surface area is 130 Å². The molecule has 21 heavy (non-hydrogen) atoms. The Balaban J connectivity index is 3.80. The minimum atomic E-state index is -3.10. The second-order valence-electron chi connectivity index (χ2n) is 6.39. The predicted octanol–water partition coefficient (Wildman–Crippen LogP) is 2.46. The van der Waals surface area contributed by atoms with Crippen LogP contribution in [-0.2, 0) is 9.84 Å². The Morgan fingerprint density at radius 2 is 1.67 bits per heavy atom. The van der Waals surface area contributed by atoms with Gasteiger partial charge >= 0.3 is 0 Å². The molecule has 0 aliphatic heterocycles. The Morgan fingerprint density at radius 3 is 2.24 bits per heavy atom. The van der Waals surface area contributed by atoms with Crippen LogP contribution in [0.2, 0.25) is 0 Å². The van der Waals surface area contributed by atoms with E-state index in [0.29, 0.717) is 19.0 Å². The molecule has 6 heteroatoms. The SMILES string of the molecule is CCCCCCCCN=C(N)NCCS(=O)(=O)C(C)(C)C. The second kappa shape index (κ2) is 10.0. The van der Waals surface area contributed by atoms with Crippen LogP contribution in [-0.4, -0.2) is 38.0 Å². The van der Waals surface area contributed by atoms with E-state index in [9.17, 15) is 8.42 Å². The van der Waals surface area contributed by atoms with Gasteiger partial charge in [0, 0.05) is 13.1 Å². The summed E-state index contributed by atoms with van der Waals surface area (Å²) < 4.78 is 23.1. The Kier molecular flexibility index (Phi) is 9.66. The molecule has 0 atom stereocenters. The average molecular weight is 320 g/mol. The minimum absolute atomic E-state index is 0.0732. The van der Waals surface area contributed by atoms with Crippen LogP contribution in [0.4, 0.5) is 0 Å². The number of nitrogens with two attached hydrogens (primary N) is 1. The maximum absolute atomic E-state index is 11.9. The van der Waals surface area contributed by atoms with Gasteiger partial charge in [0.15, 0.2) is 15.8 Å². The summed E-state index contributed by atoms with van der Waals surface area (Å²) in [5.41, 5.74) is 5.72. The van der Waals surface area contributed by atoms with Crippen molar-refractivity contribution in [1.82, 2.24) is 5.32 Å². The van der Waals surface area contributed by atoms with Gasteiger partial charge in [-0.15, -0.1) is 0 Å². The minimum Gasteiger partial charge on any atom is -0.370 e. The van der Waals surface area contributed by atoms with Gasteiger partial charge in [-0.3, -0.25) is 4.99 Å². The highest BCUT2D eigenvalue weighted by Gasteiger charge is 2.28. The fourth-order valence-electron chi connectivity index (χ4n) is 1.77. The van der Waals surface area contributed by atoms with Crippen LogP contribution in [0.15, 0.2) is 4.99 Å². The molecular formula is C15H33N3O2S. The summed E-state index contributed by atoms with van der Waals surface area (Å²) in [7, 11) is -3.10. The van der Waals surface area contributed by atoms with Crippen LogP contribution < -0.4 is 11.1 Å². The van der Waals surface area contributed by atoms with Crippen LogP contribution in [0.1, 0.15) is 66.2 Å². The van der Waals surface area contributed by atoms with Gasteiger partial charge in [-0.1, -0.05) is 39.0 Å². The summed E-state index contributed by atoms with van der Waals surface area (Å²) in [6.07, 6.45) is 7.31. The Hall–Kier alpha value is -0.780. The molecule has 5 nitrogen and oxygen atoms in total. The molecule has 0 aliphatic carbocycles. The first kappa shape index (κ1) is 20.2. The molecule has 0 saturated carbocycles. The van der Waals surface area contributed by atoms with E-state index in [1.807, 2.05) is 0 Å². The van der Waals surface area contributed by atoms with E-state index in [4.69, 9.17) is 5.73 Å². The van der Waals surface area contributed by atoms with E-state index in [2.05, 4.69) is 17.2 Å². The lowest BCUT2D eigenvalue weighted by Crippen LogP contribution is -2.39. The van der Waals surface area contributed by atoms with Crippen molar-refractivity contribution < 1.29 is 8.42 Å². The lowest BCUT2D eigenvalue weighted by Gasteiger charge is -2.19. The van der Waals surface area contributed by atoms with Crippen LogP contribution in [0.5, 0.6) is 0 Å². The van der Waals surface area contributed by atoms with E-state index >= 15 is 0 Å². The van der Waals surface area contributed by atoms with Crippen molar-refractivity contribution in [2.75, 3.05) is 18.8 Å². The van der Waals surface area contributed by atoms with Crippen LogP contribution in [0.25, 0.3) is 0 Å². The normalized spacial score (nSPS) is 13.4. The summed E-state index contributed by atoms with van der Waals surface area (Å²) in [4.78, 5) is 4.21. The summed E-state index contributed by atoms with van der Waals surface area (Å²) in [6.45, 7) is 8.34. The third kappa shape index (κ3) is 9.72. The third-order valence-electron chi connectivity index (χ3n) is 3.40. The van der Waals surface area contributed by atoms with E-state index in [1.165, 1.54) is 32.1 Å². The summed E-state index contributed by atoms with van der Waals surface area (Å²) in [5.74, 6) is 0.414. The van der Waals surface area contributed by atoms with E-state index in [1.54, 1.807) is 20.8 Å². The van der Waals surface area contributed by atoms with E-state index < -0.39 is 14.6 Å². The molecular weight excluding hydrogens is 286 g/mol. The van der Waals surface area contributed by atoms with Crippen LogP contribution >= 0.6 is 0 Å². The standard InChI is InChI=1S/C15H33N3O2S/c1-5-6-7-8-9-10-11-17-14(16)18-12-13-21(19,20)15(2,3)4/h5-13H2,1-4H3,(H3,16,17,18). The number of hydrogen-bond acceptors (Lipinski definition) is 3. The van der Waals surface area contributed by atoms with Crippen molar-refractivity contribution in [3.8, 4) is 0 Å². The van der Waals surface area contributed by atoms with Gasteiger partial charge in [-0.25, -0.2) is 8.42 Å². The zero-order chi connectivity index (χ0) is 16.4. The molecule has 0 aromatic rings. The quantitative estimate of drug-likeness (QED) is 0.368. The molecule has 0 bridgehead atoms. The van der Waals surface area contributed by atoms with Gasteiger partial charge in [-0.2, -0.15) is 0 Å². The topological polar surface area (TPSA) is 84.5 Å². The number of nitrogens with one attached hydrogen (secondary N) is 1. The molecule has 0 aromatic heterocycles. The molecule has 0 radical (unpaired) electrons. The average Bonchev–Trinajstić information content (AvgIpc) is 2.36. The van der Waals surface area contributed by atoms with Crippen molar-refractivity contribution in [2.45, 2.75) is 71.0 Å². The molecule has 0 saturated heterocycles. The molecule has 0 aromatic carbocycles. The second-order valence-corrected chi connectivity index (χ2v) is 9.26. The van der Waals surface area contributed by atoms with Crippen molar-refractivity contribution in [3.05, 3.63) is 0 Å². The lowest BCUT2D eigenvalue weighted by molar-refractivity contribution is 0.559. The van der Waals surface area contributed by atoms with Gasteiger partial charge in [0.25, 0.3) is 0 Å². The van der Waals surface area contributed by atoms with Gasteiger partial charge < -0.3 is 11.1 Å². The molecule has 0 unspecified atom stereocenters.